The van der Waals surface area contributed by atoms with Crippen molar-refractivity contribution in [2.45, 2.75) is 31.5 Å². The maximum Gasteiger partial charge on any atom is 0.422 e. The molecule has 1 saturated carbocycles. The lowest BCUT2D eigenvalue weighted by Crippen LogP contribution is -2.27. The van der Waals surface area contributed by atoms with Crippen molar-refractivity contribution in [1.29, 1.82) is 0 Å². The van der Waals surface area contributed by atoms with Gasteiger partial charge in [0.15, 0.2) is 12.4 Å². The number of carbonyl (C=O) groups is 1. The number of aromatic nitrogens is 4. The molecule has 32 heavy (non-hydrogen) atoms. The summed E-state index contributed by atoms with van der Waals surface area (Å²) in [6, 6.07) is 7.42. The Morgan fingerprint density at radius 1 is 1.22 bits per heavy atom. The Hall–Kier alpha value is -3.41. The Morgan fingerprint density at radius 2 is 1.97 bits per heavy atom. The molecule has 1 N–H and O–H groups in total. The molecule has 1 aromatic carbocycles. The number of carbonyl (C=O) groups excluding carboxylic acids is 1. The van der Waals surface area contributed by atoms with Crippen LogP contribution < -0.4 is 14.8 Å². The quantitative estimate of drug-likeness (QED) is 0.545. The molecule has 9 nitrogen and oxygen atoms in total. The lowest BCUT2D eigenvalue weighted by Gasteiger charge is -2.13. The first-order valence-electron chi connectivity index (χ1n) is 9.38. The van der Waals surface area contributed by atoms with Crippen LogP contribution in [0.2, 0.25) is 5.02 Å². The highest BCUT2D eigenvalue weighted by Gasteiger charge is 2.30. The van der Waals surface area contributed by atoms with Crippen molar-refractivity contribution in [3.8, 4) is 22.9 Å². The molecule has 0 atom stereocenters. The fourth-order valence-electron chi connectivity index (χ4n) is 2.62. The molecule has 2 aromatic heterocycles. The summed E-state index contributed by atoms with van der Waals surface area (Å²) in [4.78, 5) is 16.3. The van der Waals surface area contributed by atoms with Crippen molar-refractivity contribution in [2.24, 2.45) is 0 Å². The molecule has 4 rings (SSSR count). The van der Waals surface area contributed by atoms with Gasteiger partial charge in [-0.1, -0.05) is 28.9 Å². The number of hydrogen-bond donors (Lipinski definition) is 1. The van der Waals surface area contributed by atoms with Crippen molar-refractivity contribution < 1.29 is 32.0 Å². The van der Waals surface area contributed by atoms with Gasteiger partial charge in [0.25, 0.3) is 0 Å². The minimum Gasteiger partial charge on any atom is -0.466 e. The van der Waals surface area contributed by atoms with E-state index in [2.05, 4.69) is 25.7 Å². The predicted molar refractivity (Wildman–Crippen MR) is 103 cm³/mol. The Kier molecular flexibility index (Phi) is 6.12. The van der Waals surface area contributed by atoms with Crippen LogP contribution in [-0.2, 0) is 6.54 Å². The van der Waals surface area contributed by atoms with Crippen LogP contribution in [0.3, 0.4) is 0 Å². The highest BCUT2D eigenvalue weighted by Crippen LogP contribution is 2.38. The van der Waals surface area contributed by atoms with Crippen LogP contribution in [0, 0.1) is 0 Å². The van der Waals surface area contributed by atoms with Gasteiger partial charge in [-0.05, 0) is 30.5 Å². The van der Waals surface area contributed by atoms with E-state index in [4.69, 9.17) is 25.6 Å². The summed E-state index contributed by atoms with van der Waals surface area (Å²) in [7, 11) is 0. The van der Waals surface area contributed by atoms with Crippen molar-refractivity contribution in [3.05, 3.63) is 47.1 Å². The van der Waals surface area contributed by atoms with Crippen LogP contribution >= 0.6 is 11.6 Å². The summed E-state index contributed by atoms with van der Waals surface area (Å²) in [6.07, 6.45) is -3.46. The smallest absolute Gasteiger partial charge is 0.422 e. The van der Waals surface area contributed by atoms with E-state index in [0.29, 0.717) is 16.5 Å². The lowest BCUT2D eigenvalue weighted by molar-refractivity contribution is -0.154. The molecule has 2 heterocycles. The fourth-order valence-corrected chi connectivity index (χ4v) is 2.75. The highest BCUT2D eigenvalue weighted by molar-refractivity contribution is 6.30. The van der Waals surface area contributed by atoms with Crippen LogP contribution in [0.25, 0.3) is 11.1 Å². The molecule has 0 spiro atoms. The Morgan fingerprint density at radius 3 is 2.66 bits per heavy atom. The molecule has 0 saturated heterocycles. The second kappa shape index (κ2) is 8.99. The lowest BCUT2D eigenvalue weighted by atomic mass is 10.1. The third-order valence-electron chi connectivity index (χ3n) is 4.26. The summed E-state index contributed by atoms with van der Waals surface area (Å²) < 4.78 is 52.6. The van der Waals surface area contributed by atoms with E-state index < -0.39 is 18.9 Å². The number of rotatable bonds is 7. The van der Waals surface area contributed by atoms with E-state index in [1.54, 1.807) is 24.3 Å². The number of halogens is 4. The first-order valence-corrected chi connectivity index (χ1v) is 9.76. The van der Waals surface area contributed by atoms with Crippen molar-refractivity contribution in [1.82, 2.24) is 25.7 Å². The molecule has 168 valence electrons. The largest absolute Gasteiger partial charge is 0.466 e. The van der Waals surface area contributed by atoms with Gasteiger partial charge in [0, 0.05) is 17.0 Å². The molecular weight excluding hydrogens is 455 g/mol. The van der Waals surface area contributed by atoms with E-state index in [1.807, 2.05) is 0 Å². The van der Waals surface area contributed by atoms with E-state index in [1.165, 1.54) is 6.07 Å². The number of amides is 1. The number of benzene rings is 1. The van der Waals surface area contributed by atoms with Gasteiger partial charge in [-0.2, -0.15) is 18.2 Å². The average molecular weight is 470 g/mol. The molecule has 1 amide bonds. The zero-order valence-corrected chi connectivity index (χ0v) is 17.0. The molecule has 3 aromatic rings. The third-order valence-corrected chi connectivity index (χ3v) is 4.52. The molecule has 1 aliphatic rings. The van der Waals surface area contributed by atoms with Crippen molar-refractivity contribution in [3.63, 3.8) is 0 Å². The molecule has 0 bridgehead atoms. The minimum absolute atomic E-state index is 0.0424. The Balaban J connectivity index is 1.45. The second-order valence-electron chi connectivity index (χ2n) is 6.88. The molecule has 13 heteroatoms. The first-order chi connectivity index (χ1) is 15.3. The van der Waals surface area contributed by atoms with Gasteiger partial charge in [0.2, 0.25) is 17.7 Å². The highest BCUT2D eigenvalue weighted by atomic mass is 35.5. The van der Waals surface area contributed by atoms with Crippen LogP contribution in [0.1, 0.15) is 30.5 Å². The zero-order chi connectivity index (χ0) is 22.7. The molecule has 0 radical (unpaired) electrons. The molecule has 1 fully saturated rings. The summed E-state index contributed by atoms with van der Waals surface area (Å²) in [5.74, 6) is 0.467. The van der Waals surface area contributed by atoms with Gasteiger partial charge in [0.05, 0.1) is 12.1 Å². The van der Waals surface area contributed by atoms with Gasteiger partial charge >= 0.3 is 12.3 Å². The standard InChI is InChI=1S/C19H15ClF3N5O4/c20-12-5-3-10(4-6-12)13-7-15(26-27-17(13)30-9-19(21,22)23)31-18(29)24-8-14-25-16(32-28-14)11-1-2-11/h3-7,11H,1-2,8-9H2,(H,24,29). The molecule has 0 aliphatic heterocycles. The number of ether oxygens (including phenoxy) is 2. The number of alkyl halides is 3. The summed E-state index contributed by atoms with van der Waals surface area (Å²) >= 11 is 5.87. The van der Waals surface area contributed by atoms with E-state index in [-0.39, 0.29) is 35.6 Å². The van der Waals surface area contributed by atoms with Crippen molar-refractivity contribution >= 4 is 17.7 Å². The Labute approximate surface area is 183 Å². The maximum atomic E-state index is 12.6. The normalized spacial score (nSPS) is 13.6. The maximum absolute atomic E-state index is 12.6. The molecule has 1 aliphatic carbocycles. The summed E-state index contributed by atoms with van der Waals surface area (Å²) in [5, 5.41) is 13.9. The number of nitrogens with one attached hydrogen (secondary N) is 1. The van der Waals surface area contributed by atoms with Crippen LogP contribution in [-0.4, -0.2) is 39.2 Å². The van der Waals surface area contributed by atoms with Gasteiger partial charge in [-0.25, -0.2) is 4.79 Å². The van der Waals surface area contributed by atoms with Gasteiger partial charge < -0.3 is 19.3 Å². The average Bonchev–Trinajstić information content (AvgIpc) is 3.49. The Bertz CT molecular complexity index is 1100. The topological polar surface area (TPSA) is 112 Å². The van der Waals surface area contributed by atoms with Crippen LogP contribution in [0.4, 0.5) is 18.0 Å². The second-order valence-corrected chi connectivity index (χ2v) is 7.31. The fraction of sp³-hybridized carbons (Fsp3) is 0.316. The SMILES string of the molecule is O=C(NCc1noc(C2CC2)n1)Oc1cc(-c2ccc(Cl)cc2)c(OCC(F)(F)F)nn1. The number of hydrogen-bond acceptors (Lipinski definition) is 8. The van der Waals surface area contributed by atoms with Gasteiger partial charge in [0.1, 0.15) is 0 Å². The zero-order valence-electron chi connectivity index (χ0n) is 16.2. The van der Waals surface area contributed by atoms with Gasteiger partial charge in [-0.15, -0.1) is 10.2 Å². The van der Waals surface area contributed by atoms with E-state index in [0.717, 1.165) is 12.8 Å². The third kappa shape index (κ3) is 5.84. The van der Waals surface area contributed by atoms with E-state index >= 15 is 0 Å². The molecule has 0 unspecified atom stereocenters. The van der Waals surface area contributed by atoms with Crippen molar-refractivity contribution in [2.75, 3.05) is 6.61 Å². The summed E-state index contributed by atoms with van der Waals surface area (Å²) in [6.45, 7) is -1.60. The van der Waals surface area contributed by atoms with Crippen LogP contribution in [0.5, 0.6) is 11.8 Å². The monoisotopic (exact) mass is 469 g/mol. The van der Waals surface area contributed by atoms with E-state index in [9.17, 15) is 18.0 Å². The predicted octanol–water partition coefficient (Wildman–Crippen LogP) is 4.29. The minimum atomic E-state index is -4.57. The van der Waals surface area contributed by atoms with Gasteiger partial charge in [-0.3, -0.25) is 0 Å². The molecular formula is C19H15ClF3N5O4. The first kappa shape index (κ1) is 21.8. The summed E-state index contributed by atoms with van der Waals surface area (Å²) in [5.41, 5.74) is 0.571. The van der Waals surface area contributed by atoms with Crippen LogP contribution in [0.15, 0.2) is 34.9 Å². The number of nitrogens with zero attached hydrogens (tertiary/aromatic N) is 4.